The number of ether oxygens (including phenoxy) is 1. The molecule has 7 nitrogen and oxygen atoms in total. The largest absolute Gasteiger partial charge is 0.497 e. The van der Waals surface area contributed by atoms with E-state index in [0.717, 1.165) is 4.47 Å². The van der Waals surface area contributed by atoms with Gasteiger partial charge in [0, 0.05) is 16.2 Å². The molecule has 0 saturated heterocycles. The van der Waals surface area contributed by atoms with Crippen LogP contribution < -0.4 is 20.9 Å². The van der Waals surface area contributed by atoms with Crippen LogP contribution in [-0.4, -0.2) is 30.7 Å². The Hall–Kier alpha value is -2.58. The molecule has 1 unspecified atom stereocenters. The third-order valence-electron chi connectivity index (χ3n) is 3.40. The minimum Gasteiger partial charge on any atom is -0.497 e. The Morgan fingerprint density at radius 2 is 1.92 bits per heavy atom. The van der Waals surface area contributed by atoms with Crippen molar-refractivity contribution in [1.82, 2.24) is 10.8 Å². The lowest BCUT2D eigenvalue weighted by Crippen LogP contribution is -2.41. The maximum atomic E-state index is 12.2. The quantitative estimate of drug-likeness (QED) is 0.416. The molecular formula is C17H18BrN3O4. The molecule has 2 aromatic rings. The number of nitrogens with one attached hydrogen (secondary N) is 3. The van der Waals surface area contributed by atoms with E-state index in [9.17, 15) is 9.59 Å². The fraction of sp³-hybridized carbons (Fsp3) is 0.176. The highest BCUT2D eigenvalue weighted by Gasteiger charge is 2.22. The summed E-state index contributed by atoms with van der Waals surface area (Å²) in [6.07, 6.45) is 0. The van der Waals surface area contributed by atoms with Crippen molar-refractivity contribution in [3.05, 3.63) is 58.6 Å². The molecule has 0 radical (unpaired) electrons. The number of benzene rings is 2. The number of hydrogen-bond acceptors (Lipinski definition) is 5. The van der Waals surface area contributed by atoms with Crippen molar-refractivity contribution in [2.24, 2.45) is 0 Å². The van der Waals surface area contributed by atoms with Crippen LogP contribution in [-0.2, 0) is 9.59 Å². The number of hydroxylamine groups is 1. The predicted octanol–water partition coefficient (Wildman–Crippen LogP) is 2.23. The summed E-state index contributed by atoms with van der Waals surface area (Å²) in [5.41, 5.74) is 2.83. The van der Waals surface area contributed by atoms with E-state index in [-0.39, 0.29) is 6.54 Å². The highest BCUT2D eigenvalue weighted by molar-refractivity contribution is 9.10. The zero-order chi connectivity index (χ0) is 18.2. The minimum absolute atomic E-state index is 0.0428. The molecule has 0 heterocycles. The molecule has 2 amide bonds. The molecule has 0 bridgehead atoms. The van der Waals surface area contributed by atoms with Crippen molar-refractivity contribution in [1.29, 1.82) is 0 Å². The van der Waals surface area contributed by atoms with Gasteiger partial charge in [-0.15, -0.1) is 0 Å². The van der Waals surface area contributed by atoms with Crippen molar-refractivity contribution in [2.75, 3.05) is 19.0 Å². The first kappa shape index (κ1) is 18.8. The standard InChI is InChI=1S/C17H18BrN3O4/c1-25-14-4-2-3-13(9-14)19-10-15(22)20-16(17(23)21-24)11-5-7-12(18)8-6-11/h2-9,16,19,24H,10H2,1H3,(H,20,22)(H,21,23). The van der Waals surface area contributed by atoms with E-state index in [2.05, 4.69) is 26.6 Å². The van der Waals surface area contributed by atoms with Gasteiger partial charge in [0.25, 0.3) is 5.91 Å². The van der Waals surface area contributed by atoms with Crippen LogP contribution in [0.15, 0.2) is 53.0 Å². The Bertz CT molecular complexity index is 737. The number of methoxy groups -OCH3 is 1. The molecular weight excluding hydrogens is 390 g/mol. The highest BCUT2D eigenvalue weighted by Crippen LogP contribution is 2.18. The Morgan fingerprint density at radius 1 is 1.20 bits per heavy atom. The number of carbonyl (C=O) groups is 2. The normalized spacial score (nSPS) is 11.3. The van der Waals surface area contributed by atoms with Crippen LogP contribution in [0.3, 0.4) is 0 Å². The van der Waals surface area contributed by atoms with Gasteiger partial charge in [-0.3, -0.25) is 14.8 Å². The molecule has 25 heavy (non-hydrogen) atoms. The van der Waals surface area contributed by atoms with E-state index in [1.165, 1.54) is 0 Å². The van der Waals surface area contributed by atoms with Crippen LogP contribution in [0.1, 0.15) is 11.6 Å². The van der Waals surface area contributed by atoms with Gasteiger partial charge in [-0.2, -0.15) is 0 Å². The van der Waals surface area contributed by atoms with Crippen LogP contribution >= 0.6 is 15.9 Å². The maximum Gasteiger partial charge on any atom is 0.270 e. The van der Waals surface area contributed by atoms with E-state index in [1.807, 2.05) is 0 Å². The molecule has 8 heteroatoms. The van der Waals surface area contributed by atoms with E-state index in [1.54, 1.807) is 61.1 Å². The average Bonchev–Trinajstić information content (AvgIpc) is 2.65. The highest BCUT2D eigenvalue weighted by atomic mass is 79.9. The lowest BCUT2D eigenvalue weighted by atomic mass is 10.1. The lowest BCUT2D eigenvalue weighted by molar-refractivity contribution is -0.134. The minimum atomic E-state index is -1.00. The molecule has 0 aromatic heterocycles. The maximum absolute atomic E-state index is 12.2. The molecule has 2 rings (SSSR count). The van der Waals surface area contributed by atoms with Crippen LogP contribution in [0.2, 0.25) is 0 Å². The number of hydrogen-bond donors (Lipinski definition) is 4. The molecule has 4 N–H and O–H groups in total. The first-order valence-corrected chi connectivity index (χ1v) is 8.19. The molecule has 0 aliphatic carbocycles. The van der Waals surface area contributed by atoms with Crippen molar-refractivity contribution in [3.8, 4) is 5.75 Å². The Balaban J connectivity index is 2.01. The van der Waals surface area contributed by atoms with Crippen molar-refractivity contribution in [2.45, 2.75) is 6.04 Å². The van der Waals surface area contributed by atoms with Crippen molar-refractivity contribution >= 4 is 33.4 Å². The second-order valence-electron chi connectivity index (χ2n) is 5.11. The summed E-state index contributed by atoms with van der Waals surface area (Å²) in [6, 6.07) is 13.0. The fourth-order valence-electron chi connectivity index (χ4n) is 2.15. The molecule has 0 aliphatic rings. The zero-order valence-corrected chi connectivity index (χ0v) is 15.0. The summed E-state index contributed by atoms with van der Waals surface area (Å²) in [7, 11) is 1.56. The van der Waals surface area contributed by atoms with Crippen LogP contribution in [0.25, 0.3) is 0 Å². The van der Waals surface area contributed by atoms with E-state index < -0.39 is 17.9 Å². The molecule has 2 aromatic carbocycles. The first-order valence-electron chi connectivity index (χ1n) is 7.40. The second kappa shape index (κ2) is 9.05. The summed E-state index contributed by atoms with van der Waals surface area (Å²) in [5, 5.41) is 14.4. The van der Waals surface area contributed by atoms with Crippen molar-refractivity contribution < 1.29 is 19.5 Å². The van der Waals surface area contributed by atoms with E-state index >= 15 is 0 Å². The molecule has 0 aliphatic heterocycles. The van der Waals surface area contributed by atoms with Crippen LogP contribution in [0, 0.1) is 0 Å². The Morgan fingerprint density at radius 3 is 2.56 bits per heavy atom. The summed E-state index contributed by atoms with van der Waals surface area (Å²) < 4.78 is 5.95. The molecule has 0 fully saturated rings. The molecule has 1 atom stereocenters. The number of carbonyl (C=O) groups excluding carboxylic acids is 2. The SMILES string of the molecule is COc1cccc(NCC(=O)NC(C(=O)NO)c2ccc(Br)cc2)c1. The molecule has 0 saturated carbocycles. The molecule has 132 valence electrons. The zero-order valence-electron chi connectivity index (χ0n) is 13.5. The summed E-state index contributed by atoms with van der Waals surface area (Å²) in [6.45, 7) is -0.0428. The first-order chi connectivity index (χ1) is 12.0. The third kappa shape index (κ3) is 5.47. The van der Waals surface area contributed by atoms with Gasteiger partial charge in [-0.1, -0.05) is 34.1 Å². The van der Waals surface area contributed by atoms with Gasteiger partial charge in [-0.25, -0.2) is 5.48 Å². The Kier molecular flexibility index (Phi) is 6.79. The number of rotatable bonds is 7. The smallest absolute Gasteiger partial charge is 0.270 e. The number of amides is 2. The van der Waals surface area contributed by atoms with Gasteiger partial charge >= 0.3 is 0 Å². The monoisotopic (exact) mass is 407 g/mol. The third-order valence-corrected chi connectivity index (χ3v) is 3.93. The van der Waals surface area contributed by atoms with Crippen LogP contribution in [0.5, 0.6) is 5.75 Å². The summed E-state index contributed by atoms with van der Waals surface area (Å²) >= 11 is 3.30. The van der Waals surface area contributed by atoms with Gasteiger partial charge in [0.1, 0.15) is 11.8 Å². The van der Waals surface area contributed by atoms with Crippen LogP contribution in [0.4, 0.5) is 5.69 Å². The van der Waals surface area contributed by atoms with Crippen molar-refractivity contribution in [3.63, 3.8) is 0 Å². The van der Waals surface area contributed by atoms with E-state index in [0.29, 0.717) is 17.0 Å². The average molecular weight is 408 g/mol. The summed E-state index contributed by atoms with van der Waals surface area (Å²) in [4.78, 5) is 24.0. The van der Waals surface area contributed by atoms with E-state index in [4.69, 9.17) is 9.94 Å². The fourth-order valence-corrected chi connectivity index (χ4v) is 2.41. The number of halogens is 1. The summed E-state index contributed by atoms with van der Waals surface area (Å²) in [5.74, 6) is -0.464. The van der Waals surface area contributed by atoms with Gasteiger partial charge in [0.05, 0.1) is 13.7 Å². The van der Waals surface area contributed by atoms with Gasteiger partial charge < -0.3 is 15.4 Å². The predicted molar refractivity (Wildman–Crippen MR) is 96.4 cm³/mol. The van der Waals surface area contributed by atoms with Gasteiger partial charge in [0.2, 0.25) is 5.91 Å². The Labute approximate surface area is 153 Å². The number of anilines is 1. The van der Waals surface area contributed by atoms with Gasteiger partial charge in [0.15, 0.2) is 0 Å². The lowest BCUT2D eigenvalue weighted by Gasteiger charge is -2.18. The molecule has 0 spiro atoms. The second-order valence-corrected chi connectivity index (χ2v) is 6.03. The van der Waals surface area contributed by atoms with Gasteiger partial charge in [-0.05, 0) is 29.8 Å². The topological polar surface area (TPSA) is 99.7 Å².